The molecular weight excluding hydrogens is 256 g/mol. The number of para-hydroxylation sites is 1. The molecule has 3 aromatic rings. The zero-order chi connectivity index (χ0) is 13.4. The van der Waals surface area contributed by atoms with Crippen molar-refractivity contribution in [2.75, 3.05) is 6.79 Å². The summed E-state index contributed by atoms with van der Waals surface area (Å²) in [4.78, 5) is 7.71. The van der Waals surface area contributed by atoms with Gasteiger partial charge >= 0.3 is 0 Å². The molecule has 0 fully saturated rings. The number of aromatic nitrogens is 2. The lowest BCUT2D eigenvalue weighted by Gasteiger charge is -2.02. The second-order valence-electron chi connectivity index (χ2n) is 4.51. The van der Waals surface area contributed by atoms with Crippen LogP contribution in [0.5, 0.6) is 17.2 Å². The highest BCUT2D eigenvalue weighted by atomic mass is 16.7. The smallest absolute Gasteiger partial charge is 0.231 e. The van der Waals surface area contributed by atoms with E-state index in [0.717, 1.165) is 34.1 Å². The molecule has 2 heterocycles. The first-order valence-electron chi connectivity index (χ1n) is 6.34. The van der Waals surface area contributed by atoms with Gasteiger partial charge in [-0.2, -0.15) is 0 Å². The zero-order valence-electron chi connectivity index (χ0n) is 10.6. The Morgan fingerprint density at radius 3 is 2.75 bits per heavy atom. The third-order valence-corrected chi connectivity index (χ3v) is 3.14. The highest BCUT2D eigenvalue weighted by molar-refractivity contribution is 5.80. The number of rotatable bonds is 3. The highest BCUT2D eigenvalue weighted by Gasteiger charge is 2.16. The van der Waals surface area contributed by atoms with Crippen LogP contribution in [0.25, 0.3) is 11.0 Å². The number of nitrogens with one attached hydrogen (secondary N) is 1. The molecule has 0 saturated carbocycles. The molecule has 5 heteroatoms. The molecular formula is C15H12N2O3. The normalized spacial score (nSPS) is 12.8. The lowest BCUT2D eigenvalue weighted by atomic mass is 10.3. The molecule has 0 aliphatic carbocycles. The fourth-order valence-corrected chi connectivity index (χ4v) is 2.19. The molecule has 1 aromatic heterocycles. The van der Waals surface area contributed by atoms with Crippen LogP contribution in [-0.2, 0) is 6.61 Å². The first kappa shape index (κ1) is 11.2. The van der Waals surface area contributed by atoms with Crippen molar-refractivity contribution in [3.05, 3.63) is 48.3 Å². The maximum Gasteiger partial charge on any atom is 0.231 e. The number of benzene rings is 2. The van der Waals surface area contributed by atoms with Crippen molar-refractivity contribution in [3.63, 3.8) is 0 Å². The Morgan fingerprint density at radius 1 is 1.10 bits per heavy atom. The molecule has 100 valence electrons. The predicted octanol–water partition coefficient (Wildman–Crippen LogP) is 2.87. The maximum absolute atomic E-state index is 5.67. The van der Waals surface area contributed by atoms with E-state index < -0.39 is 0 Å². The molecule has 0 amide bonds. The average molecular weight is 268 g/mol. The van der Waals surface area contributed by atoms with E-state index >= 15 is 0 Å². The largest absolute Gasteiger partial charge is 0.486 e. The van der Waals surface area contributed by atoms with Crippen LogP contribution in [0.3, 0.4) is 0 Å². The van der Waals surface area contributed by atoms with Crippen LogP contribution in [0.1, 0.15) is 5.82 Å². The lowest BCUT2D eigenvalue weighted by Crippen LogP contribution is -1.97. The molecule has 20 heavy (non-hydrogen) atoms. The molecule has 1 aliphatic heterocycles. The topological polar surface area (TPSA) is 56.4 Å². The minimum Gasteiger partial charge on any atom is -0.486 e. The molecule has 1 aliphatic rings. The number of H-pyrrole nitrogens is 1. The molecule has 4 rings (SSSR count). The minimum absolute atomic E-state index is 0.270. The van der Waals surface area contributed by atoms with Crippen molar-refractivity contribution in [1.29, 1.82) is 0 Å². The summed E-state index contributed by atoms with van der Waals surface area (Å²) in [6.45, 7) is 0.664. The average Bonchev–Trinajstić information content (AvgIpc) is 3.08. The van der Waals surface area contributed by atoms with Gasteiger partial charge in [0.1, 0.15) is 18.2 Å². The Bertz CT molecular complexity index is 711. The van der Waals surface area contributed by atoms with Crippen LogP contribution in [-0.4, -0.2) is 16.8 Å². The van der Waals surface area contributed by atoms with Gasteiger partial charge in [0.05, 0.1) is 11.0 Å². The molecule has 0 atom stereocenters. The standard InChI is InChI=1S/C15H12N2O3/c1-2-4-10(5-3-1)18-8-15-16-11-6-13-14(20-9-19-13)7-12(11)17-15/h1-7H,8-9H2,(H,16,17). The number of hydrogen-bond donors (Lipinski definition) is 1. The van der Waals surface area contributed by atoms with Crippen LogP contribution in [0.2, 0.25) is 0 Å². The zero-order valence-corrected chi connectivity index (χ0v) is 10.6. The van der Waals surface area contributed by atoms with Gasteiger partial charge in [-0.05, 0) is 12.1 Å². The summed E-state index contributed by atoms with van der Waals surface area (Å²) >= 11 is 0. The first-order chi connectivity index (χ1) is 9.88. The number of fused-ring (bicyclic) bond motifs is 2. The summed E-state index contributed by atoms with van der Waals surface area (Å²) in [5.74, 6) is 3.07. The summed E-state index contributed by atoms with van der Waals surface area (Å²) in [7, 11) is 0. The maximum atomic E-state index is 5.67. The summed E-state index contributed by atoms with van der Waals surface area (Å²) in [5, 5.41) is 0. The highest BCUT2D eigenvalue weighted by Crippen LogP contribution is 2.35. The van der Waals surface area contributed by atoms with Gasteiger partial charge in [-0.3, -0.25) is 0 Å². The Hall–Kier alpha value is -2.69. The monoisotopic (exact) mass is 268 g/mol. The molecule has 5 nitrogen and oxygen atoms in total. The molecule has 2 aromatic carbocycles. The van der Waals surface area contributed by atoms with Gasteiger partial charge in [-0.15, -0.1) is 0 Å². The quantitative estimate of drug-likeness (QED) is 0.793. The molecule has 0 radical (unpaired) electrons. The van der Waals surface area contributed by atoms with Gasteiger partial charge in [0.15, 0.2) is 11.5 Å². The van der Waals surface area contributed by atoms with Crippen LogP contribution in [0.4, 0.5) is 0 Å². The SMILES string of the molecule is c1ccc(OCc2nc3cc4c(cc3[nH]2)OCO4)cc1. The van der Waals surface area contributed by atoms with Crippen molar-refractivity contribution in [3.8, 4) is 17.2 Å². The van der Waals surface area contributed by atoms with Gasteiger partial charge in [0.25, 0.3) is 0 Å². The molecule has 0 spiro atoms. The van der Waals surface area contributed by atoms with E-state index in [1.165, 1.54) is 0 Å². The van der Waals surface area contributed by atoms with Gasteiger partial charge in [-0.25, -0.2) is 4.98 Å². The van der Waals surface area contributed by atoms with Crippen molar-refractivity contribution >= 4 is 11.0 Å². The van der Waals surface area contributed by atoms with Crippen LogP contribution in [0.15, 0.2) is 42.5 Å². The van der Waals surface area contributed by atoms with E-state index in [-0.39, 0.29) is 6.79 Å². The van der Waals surface area contributed by atoms with Crippen LogP contribution in [0, 0.1) is 0 Å². The lowest BCUT2D eigenvalue weighted by molar-refractivity contribution is 0.174. The summed E-state index contributed by atoms with van der Waals surface area (Å²) in [5.41, 5.74) is 1.77. The van der Waals surface area contributed by atoms with Gasteiger partial charge in [0, 0.05) is 12.1 Å². The van der Waals surface area contributed by atoms with E-state index in [0.29, 0.717) is 6.61 Å². The molecule has 0 unspecified atom stereocenters. The molecule has 0 saturated heterocycles. The van der Waals surface area contributed by atoms with Crippen molar-refractivity contribution in [1.82, 2.24) is 9.97 Å². The predicted molar refractivity (Wildman–Crippen MR) is 73.0 cm³/mol. The van der Waals surface area contributed by atoms with E-state index in [1.807, 2.05) is 42.5 Å². The van der Waals surface area contributed by atoms with E-state index in [9.17, 15) is 0 Å². The van der Waals surface area contributed by atoms with Gasteiger partial charge < -0.3 is 19.2 Å². The van der Waals surface area contributed by atoms with Gasteiger partial charge in [-0.1, -0.05) is 18.2 Å². The Kier molecular flexibility index (Phi) is 2.48. The van der Waals surface area contributed by atoms with Crippen LogP contribution < -0.4 is 14.2 Å². The van der Waals surface area contributed by atoms with E-state index in [4.69, 9.17) is 14.2 Å². The summed E-state index contributed by atoms with van der Waals surface area (Å²) < 4.78 is 16.3. The fraction of sp³-hybridized carbons (Fsp3) is 0.133. The number of hydrogen-bond acceptors (Lipinski definition) is 4. The Labute approximate surface area is 115 Å². The summed E-state index contributed by atoms with van der Waals surface area (Å²) in [6.07, 6.45) is 0. The molecule has 1 N–H and O–H groups in total. The molecule has 0 bridgehead atoms. The Balaban J connectivity index is 1.58. The van der Waals surface area contributed by atoms with Gasteiger partial charge in [0.2, 0.25) is 6.79 Å². The van der Waals surface area contributed by atoms with Crippen molar-refractivity contribution < 1.29 is 14.2 Å². The van der Waals surface area contributed by atoms with Crippen molar-refractivity contribution in [2.45, 2.75) is 6.61 Å². The summed E-state index contributed by atoms with van der Waals surface area (Å²) in [6, 6.07) is 13.4. The number of nitrogens with zero attached hydrogens (tertiary/aromatic N) is 1. The number of aromatic amines is 1. The van der Waals surface area contributed by atoms with E-state index in [1.54, 1.807) is 0 Å². The fourth-order valence-electron chi connectivity index (χ4n) is 2.19. The number of ether oxygens (including phenoxy) is 3. The van der Waals surface area contributed by atoms with Crippen molar-refractivity contribution in [2.24, 2.45) is 0 Å². The second kappa shape index (κ2) is 4.45. The third-order valence-electron chi connectivity index (χ3n) is 3.14. The number of imidazole rings is 1. The second-order valence-corrected chi connectivity index (χ2v) is 4.51. The Morgan fingerprint density at radius 2 is 1.90 bits per heavy atom. The van der Waals surface area contributed by atoms with Crippen LogP contribution >= 0.6 is 0 Å². The minimum atomic E-state index is 0.270. The third kappa shape index (κ3) is 1.93. The first-order valence-corrected chi connectivity index (χ1v) is 6.34. The van der Waals surface area contributed by atoms with E-state index in [2.05, 4.69) is 9.97 Å².